The number of rotatable bonds is 7. The van der Waals surface area contributed by atoms with Crippen LogP contribution in [0.25, 0.3) is 11.1 Å². The molecule has 2 amide bonds. The molecule has 0 saturated carbocycles. The monoisotopic (exact) mass is 486 g/mol. The number of ether oxygens (including phenoxy) is 1. The van der Waals surface area contributed by atoms with E-state index in [1.54, 1.807) is 0 Å². The molecule has 0 radical (unpaired) electrons. The average molecular weight is 487 g/mol. The van der Waals surface area contributed by atoms with E-state index >= 15 is 0 Å². The number of carbonyl (C=O) groups is 3. The predicted octanol–water partition coefficient (Wildman–Crippen LogP) is 4.12. The molecule has 186 valence electrons. The van der Waals surface area contributed by atoms with Crippen molar-refractivity contribution in [1.82, 2.24) is 10.2 Å². The number of hydrogen-bond acceptors (Lipinski definition) is 4. The molecule has 2 N–H and O–H groups in total. The maximum absolute atomic E-state index is 13.7. The first-order chi connectivity index (χ1) is 16.7. The molecule has 9 heteroatoms. The second kappa shape index (κ2) is 10.4. The number of carbonyl (C=O) groups excluding carboxylic acids is 2. The SMILES string of the molecule is CC1CC(C(=O)O)CN(C(=O)CC(NC(=O)OCC2c3ccccc3-c3ccccc32)C(F)F)C1. The van der Waals surface area contributed by atoms with E-state index in [0.717, 1.165) is 22.3 Å². The molecule has 1 aliphatic heterocycles. The van der Waals surface area contributed by atoms with Crippen molar-refractivity contribution in [2.45, 2.75) is 38.2 Å². The molecular formula is C26H28F2N2O5. The minimum atomic E-state index is -2.99. The van der Waals surface area contributed by atoms with Crippen molar-refractivity contribution in [1.29, 1.82) is 0 Å². The number of alkyl halides is 2. The van der Waals surface area contributed by atoms with Crippen LogP contribution in [0.3, 0.4) is 0 Å². The molecule has 1 heterocycles. The highest BCUT2D eigenvalue weighted by Gasteiger charge is 2.35. The Bertz CT molecular complexity index is 1060. The average Bonchev–Trinajstić information content (AvgIpc) is 3.15. The van der Waals surface area contributed by atoms with Gasteiger partial charge in [-0.25, -0.2) is 13.6 Å². The Labute approximate surface area is 202 Å². The predicted molar refractivity (Wildman–Crippen MR) is 124 cm³/mol. The van der Waals surface area contributed by atoms with E-state index in [1.165, 1.54) is 4.90 Å². The lowest BCUT2D eigenvalue weighted by atomic mass is 9.90. The van der Waals surface area contributed by atoms with Crippen LogP contribution in [0.15, 0.2) is 48.5 Å². The van der Waals surface area contributed by atoms with Crippen molar-refractivity contribution in [3.63, 3.8) is 0 Å². The third-order valence-electron chi connectivity index (χ3n) is 6.71. The lowest BCUT2D eigenvalue weighted by molar-refractivity contribution is -0.147. The number of alkyl carbamates (subject to hydrolysis) is 1. The highest BCUT2D eigenvalue weighted by Crippen LogP contribution is 2.44. The number of likely N-dealkylation sites (tertiary alicyclic amines) is 1. The fourth-order valence-electron chi connectivity index (χ4n) is 5.05. The first kappa shape index (κ1) is 24.6. The van der Waals surface area contributed by atoms with Crippen LogP contribution in [0.2, 0.25) is 0 Å². The lowest BCUT2D eigenvalue weighted by Crippen LogP contribution is -2.49. The van der Waals surface area contributed by atoms with Crippen LogP contribution >= 0.6 is 0 Å². The summed E-state index contributed by atoms with van der Waals surface area (Å²) in [4.78, 5) is 37.7. The Balaban J connectivity index is 1.37. The van der Waals surface area contributed by atoms with Crippen molar-refractivity contribution < 1.29 is 33.0 Å². The van der Waals surface area contributed by atoms with Gasteiger partial charge in [0.25, 0.3) is 6.43 Å². The lowest BCUT2D eigenvalue weighted by Gasteiger charge is -2.35. The number of nitrogens with zero attached hydrogens (tertiary/aromatic N) is 1. The van der Waals surface area contributed by atoms with Gasteiger partial charge in [-0.2, -0.15) is 0 Å². The largest absolute Gasteiger partial charge is 0.481 e. The van der Waals surface area contributed by atoms with E-state index in [0.29, 0.717) is 13.0 Å². The van der Waals surface area contributed by atoms with Gasteiger partial charge in [-0.05, 0) is 34.6 Å². The molecular weight excluding hydrogens is 458 g/mol. The summed E-state index contributed by atoms with van der Waals surface area (Å²) in [5, 5.41) is 11.4. The van der Waals surface area contributed by atoms with Gasteiger partial charge < -0.3 is 20.1 Å². The number of amides is 2. The Morgan fingerprint density at radius 3 is 2.23 bits per heavy atom. The number of piperidine rings is 1. The summed E-state index contributed by atoms with van der Waals surface area (Å²) in [7, 11) is 0. The first-order valence-electron chi connectivity index (χ1n) is 11.6. The molecule has 0 bridgehead atoms. The zero-order valence-electron chi connectivity index (χ0n) is 19.3. The van der Waals surface area contributed by atoms with Crippen LogP contribution in [0.1, 0.15) is 36.8 Å². The van der Waals surface area contributed by atoms with E-state index in [4.69, 9.17) is 4.74 Å². The molecule has 2 aromatic carbocycles. The second-order valence-corrected chi connectivity index (χ2v) is 9.29. The molecule has 3 atom stereocenters. The van der Waals surface area contributed by atoms with Crippen LogP contribution in [0, 0.1) is 11.8 Å². The van der Waals surface area contributed by atoms with Crippen LogP contribution in [0.4, 0.5) is 13.6 Å². The number of fused-ring (bicyclic) bond motifs is 3. The number of nitrogens with one attached hydrogen (secondary N) is 1. The molecule has 0 spiro atoms. The van der Waals surface area contributed by atoms with Crippen LogP contribution in [0.5, 0.6) is 0 Å². The van der Waals surface area contributed by atoms with Gasteiger partial charge in [0, 0.05) is 19.0 Å². The smallest absolute Gasteiger partial charge is 0.407 e. The zero-order valence-corrected chi connectivity index (χ0v) is 19.3. The van der Waals surface area contributed by atoms with Gasteiger partial charge in [-0.3, -0.25) is 9.59 Å². The number of benzene rings is 2. The summed E-state index contributed by atoms with van der Waals surface area (Å²) in [6.07, 6.45) is -4.23. The fraction of sp³-hybridized carbons (Fsp3) is 0.423. The normalized spacial score (nSPS) is 20.2. The fourth-order valence-corrected chi connectivity index (χ4v) is 5.05. The summed E-state index contributed by atoms with van der Waals surface area (Å²) < 4.78 is 32.7. The summed E-state index contributed by atoms with van der Waals surface area (Å²) >= 11 is 0. The number of carboxylic acid groups (broad SMARTS) is 1. The molecule has 4 rings (SSSR count). The van der Waals surface area contributed by atoms with E-state index < -0.39 is 42.8 Å². The van der Waals surface area contributed by atoms with E-state index in [2.05, 4.69) is 5.32 Å². The number of aliphatic carboxylic acids is 1. The standard InChI is InChI=1S/C26H28F2N2O5/c1-15-10-16(25(32)33)13-30(12-15)23(31)11-22(24(27)28)29-26(34)35-14-21-19-8-4-2-6-17(19)18-7-3-5-9-20(18)21/h2-9,15-16,21-22,24H,10-14H2,1H3,(H,29,34)(H,32,33). The highest BCUT2D eigenvalue weighted by atomic mass is 19.3. The molecule has 3 unspecified atom stereocenters. The number of carboxylic acids is 1. The van der Waals surface area contributed by atoms with Crippen molar-refractivity contribution in [3.8, 4) is 11.1 Å². The van der Waals surface area contributed by atoms with Crippen molar-refractivity contribution in [2.24, 2.45) is 11.8 Å². The van der Waals surface area contributed by atoms with Gasteiger partial charge in [0.2, 0.25) is 5.91 Å². The third-order valence-corrected chi connectivity index (χ3v) is 6.71. The van der Waals surface area contributed by atoms with E-state index in [9.17, 15) is 28.3 Å². The molecule has 35 heavy (non-hydrogen) atoms. The van der Waals surface area contributed by atoms with Crippen molar-refractivity contribution in [3.05, 3.63) is 59.7 Å². The van der Waals surface area contributed by atoms with Gasteiger partial charge >= 0.3 is 12.1 Å². The zero-order chi connectivity index (χ0) is 25.1. The van der Waals surface area contributed by atoms with Crippen LogP contribution in [-0.4, -0.2) is 60.1 Å². The van der Waals surface area contributed by atoms with Gasteiger partial charge in [0.1, 0.15) is 12.6 Å². The Morgan fingerprint density at radius 2 is 1.66 bits per heavy atom. The minimum absolute atomic E-state index is 0.0284. The Hall–Kier alpha value is -3.49. The summed E-state index contributed by atoms with van der Waals surface area (Å²) in [5.41, 5.74) is 4.08. The van der Waals surface area contributed by atoms with Crippen molar-refractivity contribution in [2.75, 3.05) is 19.7 Å². The minimum Gasteiger partial charge on any atom is -0.481 e. The second-order valence-electron chi connectivity index (χ2n) is 9.29. The van der Waals surface area contributed by atoms with Crippen LogP contribution in [-0.2, 0) is 14.3 Å². The maximum atomic E-state index is 13.7. The molecule has 1 saturated heterocycles. The highest BCUT2D eigenvalue weighted by molar-refractivity contribution is 5.80. The van der Waals surface area contributed by atoms with Gasteiger partial charge in [-0.1, -0.05) is 55.5 Å². The quantitative estimate of drug-likeness (QED) is 0.614. The molecule has 2 aliphatic rings. The molecule has 7 nitrogen and oxygen atoms in total. The third kappa shape index (κ3) is 5.44. The Morgan fingerprint density at radius 1 is 1.06 bits per heavy atom. The summed E-state index contributed by atoms with van der Waals surface area (Å²) in [6, 6.07) is 13.8. The molecule has 0 aromatic heterocycles. The van der Waals surface area contributed by atoms with E-state index in [-0.39, 0.29) is 25.0 Å². The molecule has 1 fully saturated rings. The number of halogens is 2. The topological polar surface area (TPSA) is 95.9 Å². The van der Waals surface area contributed by atoms with Gasteiger partial charge in [0.15, 0.2) is 0 Å². The summed E-state index contributed by atoms with van der Waals surface area (Å²) in [6.45, 7) is 2.05. The first-order valence-corrected chi connectivity index (χ1v) is 11.6. The Kier molecular flexibility index (Phi) is 7.33. The molecule has 1 aliphatic carbocycles. The molecule has 2 aromatic rings. The van der Waals surface area contributed by atoms with Crippen LogP contribution < -0.4 is 5.32 Å². The number of hydrogen-bond donors (Lipinski definition) is 2. The van der Waals surface area contributed by atoms with E-state index in [1.807, 2.05) is 55.5 Å². The van der Waals surface area contributed by atoms with Crippen molar-refractivity contribution >= 4 is 18.0 Å². The summed E-state index contributed by atoms with van der Waals surface area (Å²) in [5.74, 6) is -2.65. The van der Waals surface area contributed by atoms with Gasteiger partial charge in [0.05, 0.1) is 12.3 Å². The van der Waals surface area contributed by atoms with Gasteiger partial charge in [-0.15, -0.1) is 0 Å². The maximum Gasteiger partial charge on any atom is 0.407 e.